The van der Waals surface area contributed by atoms with Gasteiger partial charge in [-0.15, -0.1) is 6.58 Å². The number of ether oxygens (including phenoxy) is 1. The van der Waals surface area contributed by atoms with Crippen LogP contribution in [0, 0.1) is 0 Å². The lowest BCUT2D eigenvalue weighted by atomic mass is 9.92. The first-order valence-electron chi connectivity index (χ1n) is 12.2. The molecule has 3 rings (SSSR count). The zero-order valence-electron chi connectivity index (χ0n) is 21.0. The van der Waals surface area contributed by atoms with Crippen molar-refractivity contribution in [3.05, 3.63) is 77.9 Å². The molecule has 1 heterocycles. The van der Waals surface area contributed by atoms with Gasteiger partial charge in [0.1, 0.15) is 5.75 Å². The zero-order chi connectivity index (χ0) is 24.7. The van der Waals surface area contributed by atoms with Gasteiger partial charge < -0.3 is 14.7 Å². The van der Waals surface area contributed by atoms with E-state index in [-0.39, 0.29) is 18.6 Å². The van der Waals surface area contributed by atoms with Gasteiger partial charge in [-0.2, -0.15) is 0 Å². The van der Waals surface area contributed by atoms with Crippen molar-refractivity contribution in [3.8, 4) is 5.75 Å². The standard InChI is InChI=1S/C28H39N3O3/c1-6-15-30-19-22(4)31(20-21(30)3)27(25-9-8-10-26(18-25)34-5)23-11-13-24(14-12-23)28(33)29(7-2)16-17-32/h6,8-14,18,21-22,27,32H,1,7,15-17,19-20H2,2-5H3/t21-,22+,27-/m1/s1. The van der Waals surface area contributed by atoms with E-state index in [1.165, 1.54) is 5.56 Å². The molecule has 1 fully saturated rings. The van der Waals surface area contributed by atoms with Crippen LogP contribution in [0.2, 0.25) is 0 Å². The molecular formula is C28H39N3O3. The van der Waals surface area contributed by atoms with Crippen LogP contribution in [0.4, 0.5) is 0 Å². The summed E-state index contributed by atoms with van der Waals surface area (Å²) in [4.78, 5) is 19.6. The number of aliphatic hydroxyl groups excluding tert-OH is 1. The van der Waals surface area contributed by atoms with E-state index < -0.39 is 0 Å². The molecular weight excluding hydrogens is 426 g/mol. The number of aliphatic hydroxyl groups is 1. The number of hydrogen-bond acceptors (Lipinski definition) is 5. The molecule has 0 radical (unpaired) electrons. The molecule has 0 saturated carbocycles. The number of amides is 1. The molecule has 34 heavy (non-hydrogen) atoms. The van der Waals surface area contributed by atoms with Gasteiger partial charge in [-0.25, -0.2) is 0 Å². The quantitative estimate of drug-likeness (QED) is 0.541. The normalized spacial score (nSPS) is 20.0. The van der Waals surface area contributed by atoms with Crippen LogP contribution in [0.5, 0.6) is 5.75 Å². The average Bonchev–Trinajstić information content (AvgIpc) is 2.86. The first-order valence-corrected chi connectivity index (χ1v) is 12.2. The average molecular weight is 466 g/mol. The number of rotatable bonds is 10. The second kappa shape index (κ2) is 12.2. The minimum absolute atomic E-state index is 0.0382. The first-order chi connectivity index (χ1) is 16.4. The molecule has 1 aliphatic heterocycles. The third-order valence-corrected chi connectivity index (χ3v) is 6.78. The molecule has 184 valence electrons. The third-order valence-electron chi connectivity index (χ3n) is 6.78. The summed E-state index contributed by atoms with van der Waals surface area (Å²) in [5.41, 5.74) is 2.96. The highest BCUT2D eigenvalue weighted by Crippen LogP contribution is 2.34. The Morgan fingerprint density at radius 3 is 2.53 bits per heavy atom. The van der Waals surface area contributed by atoms with Crippen LogP contribution in [0.25, 0.3) is 0 Å². The van der Waals surface area contributed by atoms with E-state index >= 15 is 0 Å². The van der Waals surface area contributed by atoms with Crippen molar-refractivity contribution in [1.82, 2.24) is 14.7 Å². The molecule has 6 heteroatoms. The Morgan fingerprint density at radius 1 is 1.18 bits per heavy atom. The summed E-state index contributed by atoms with van der Waals surface area (Å²) in [5.74, 6) is 0.781. The second-order valence-electron chi connectivity index (χ2n) is 9.05. The highest BCUT2D eigenvalue weighted by atomic mass is 16.5. The summed E-state index contributed by atoms with van der Waals surface area (Å²) >= 11 is 0. The Morgan fingerprint density at radius 2 is 1.91 bits per heavy atom. The van der Waals surface area contributed by atoms with E-state index in [0.717, 1.165) is 30.9 Å². The summed E-state index contributed by atoms with van der Waals surface area (Å²) in [6, 6.07) is 17.0. The maximum atomic E-state index is 12.9. The minimum Gasteiger partial charge on any atom is -0.497 e. The fourth-order valence-electron chi connectivity index (χ4n) is 4.91. The minimum atomic E-state index is -0.0546. The fraction of sp³-hybridized carbons (Fsp3) is 0.464. The number of nitrogens with zero attached hydrogens (tertiary/aromatic N) is 3. The fourth-order valence-corrected chi connectivity index (χ4v) is 4.91. The summed E-state index contributed by atoms with van der Waals surface area (Å²) < 4.78 is 5.53. The number of likely N-dealkylation sites (N-methyl/N-ethyl adjacent to an activating group) is 1. The Hall–Kier alpha value is -2.67. The van der Waals surface area contributed by atoms with Crippen LogP contribution in [0.1, 0.15) is 48.3 Å². The number of carbonyl (C=O) groups excluding carboxylic acids is 1. The molecule has 1 N–H and O–H groups in total. The van der Waals surface area contributed by atoms with Crippen LogP contribution < -0.4 is 4.74 Å². The lowest BCUT2D eigenvalue weighted by molar-refractivity contribution is 0.0306. The van der Waals surface area contributed by atoms with E-state index in [0.29, 0.717) is 30.7 Å². The first kappa shape index (κ1) is 25.9. The van der Waals surface area contributed by atoms with E-state index in [9.17, 15) is 9.90 Å². The van der Waals surface area contributed by atoms with Crippen LogP contribution in [-0.2, 0) is 0 Å². The molecule has 1 aliphatic rings. The van der Waals surface area contributed by atoms with Crippen LogP contribution in [0.15, 0.2) is 61.2 Å². The van der Waals surface area contributed by atoms with Crippen molar-refractivity contribution >= 4 is 5.91 Å². The van der Waals surface area contributed by atoms with Crippen LogP contribution in [0.3, 0.4) is 0 Å². The summed E-state index contributed by atoms with van der Waals surface area (Å²) in [6.45, 7) is 14.1. The van der Waals surface area contributed by atoms with E-state index in [4.69, 9.17) is 4.74 Å². The predicted molar refractivity (Wildman–Crippen MR) is 137 cm³/mol. The largest absolute Gasteiger partial charge is 0.497 e. The number of methoxy groups -OCH3 is 1. The monoisotopic (exact) mass is 465 g/mol. The second-order valence-corrected chi connectivity index (χ2v) is 9.05. The number of piperazine rings is 1. The van der Waals surface area contributed by atoms with Gasteiger partial charge in [-0.3, -0.25) is 14.6 Å². The molecule has 0 aliphatic carbocycles. The molecule has 2 aromatic carbocycles. The maximum absolute atomic E-state index is 12.9. The van der Waals surface area contributed by atoms with Crippen LogP contribution >= 0.6 is 0 Å². The van der Waals surface area contributed by atoms with Crippen LogP contribution in [-0.4, -0.2) is 84.2 Å². The van der Waals surface area contributed by atoms with Gasteiger partial charge in [0.15, 0.2) is 0 Å². The van der Waals surface area contributed by atoms with E-state index in [1.807, 2.05) is 37.3 Å². The third kappa shape index (κ3) is 5.87. The molecule has 3 atom stereocenters. The molecule has 1 amide bonds. The van der Waals surface area contributed by atoms with Crippen molar-refractivity contribution in [1.29, 1.82) is 0 Å². The number of carbonyl (C=O) groups is 1. The Labute approximate surface area is 204 Å². The highest BCUT2D eigenvalue weighted by Gasteiger charge is 2.34. The van der Waals surface area contributed by atoms with Crippen molar-refractivity contribution in [3.63, 3.8) is 0 Å². The molecule has 0 bridgehead atoms. The summed E-state index contributed by atoms with van der Waals surface area (Å²) in [7, 11) is 1.69. The smallest absolute Gasteiger partial charge is 0.253 e. The van der Waals surface area contributed by atoms with E-state index in [1.54, 1.807) is 12.0 Å². The van der Waals surface area contributed by atoms with Gasteiger partial charge >= 0.3 is 0 Å². The highest BCUT2D eigenvalue weighted by molar-refractivity contribution is 5.94. The van der Waals surface area contributed by atoms with Crippen molar-refractivity contribution < 1.29 is 14.6 Å². The van der Waals surface area contributed by atoms with Gasteiger partial charge in [0.2, 0.25) is 0 Å². The van der Waals surface area contributed by atoms with Gasteiger partial charge in [0, 0.05) is 50.4 Å². The number of benzene rings is 2. The lowest BCUT2D eigenvalue weighted by Crippen LogP contribution is -2.57. The molecule has 0 unspecified atom stereocenters. The van der Waals surface area contributed by atoms with Gasteiger partial charge in [0.25, 0.3) is 5.91 Å². The molecule has 0 aromatic heterocycles. The lowest BCUT2D eigenvalue weighted by Gasteiger charge is -2.47. The predicted octanol–water partition coefficient (Wildman–Crippen LogP) is 3.82. The SMILES string of the molecule is C=CCN1C[C@H](C)N([C@H](c2ccc(C(=O)N(CC)CCO)cc2)c2cccc(OC)c2)C[C@H]1C. The molecule has 1 saturated heterocycles. The van der Waals surface area contributed by atoms with Crippen molar-refractivity contribution in [2.24, 2.45) is 0 Å². The Balaban J connectivity index is 1.96. The summed E-state index contributed by atoms with van der Waals surface area (Å²) in [6.07, 6.45) is 1.98. The van der Waals surface area contributed by atoms with Crippen molar-refractivity contribution in [2.75, 3.05) is 46.4 Å². The topological polar surface area (TPSA) is 56.2 Å². The van der Waals surface area contributed by atoms with Gasteiger partial charge in [-0.1, -0.05) is 30.3 Å². The van der Waals surface area contributed by atoms with Gasteiger partial charge in [0.05, 0.1) is 19.8 Å². The Kier molecular flexibility index (Phi) is 9.28. The van der Waals surface area contributed by atoms with E-state index in [2.05, 4.69) is 54.5 Å². The zero-order valence-corrected chi connectivity index (χ0v) is 21.0. The maximum Gasteiger partial charge on any atom is 0.253 e. The molecule has 0 spiro atoms. The van der Waals surface area contributed by atoms with Crippen molar-refractivity contribution in [2.45, 2.75) is 38.9 Å². The summed E-state index contributed by atoms with van der Waals surface area (Å²) in [5, 5.41) is 9.27. The Bertz CT molecular complexity index is 946. The number of hydrogen-bond donors (Lipinski definition) is 1. The molecule has 6 nitrogen and oxygen atoms in total. The van der Waals surface area contributed by atoms with Gasteiger partial charge in [-0.05, 0) is 56.2 Å². The molecule has 2 aromatic rings.